The quantitative estimate of drug-likeness (QED) is 0.445. The normalized spacial score (nSPS) is 14.2. The number of nitrogens with one attached hydrogen (secondary N) is 1. The maximum atomic E-state index is 14.9. The van der Waals surface area contributed by atoms with Crippen molar-refractivity contribution >= 4 is 16.9 Å². The molecule has 1 aliphatic rings. The van der Waals surface area contributed by atoms with Crippen LogP contribution in [0, 0.1) is 31.4 Å². The lowest BCUT2D eigenvalue weighted by molar-refractivity contribution is 0.194. The Balaban J connectivity index is 1.58. The van der Waals surface area contributed by atoms with E-state index in [1.54, 1.807) is 45.2 Å². The minimum absolute atomic E-state index is 0.0595. The van der Waals surface area contributed by atoms with Gasteiger partial charge < -0.3 is 10.1 Å². The first-order valence-electron chi connectivity index (χ1n) is 11.3. The number of ether oxygens (including phenoxy) is 1. The van der Waals surface area contributed by atoms with E-state index >= 15 is 0 Å². The highest BCUT2D eigenvalue weighted by atomic mass is 19.1. The summed E-state index contributed by atoms with van der Waals surface area (Å²) in [6.45, 7) is 3.41. The average molecular weight is 478 g/mol. The zero-order chi connectivity index (χ0) is 24.9. The topological polar surface area (TPSA) is 78.1 Å². The van der Waals surface area contributed by atoms with Crippen LogP contribution in [0.3, 0.4) is 0 Å². The van der Waals surface area contributed by atoms with Crippen molar-refractivity contribution in [2.24, 2.45) is 13.0 Å². The van der Waals surface area contributed by atoms with Gasteiger partial charge in [0, 0.05) is 18.5 Å². The molecule has 1 atom stereocenters. The molecule has 0 unspecified atom stereocenters. The van der Waals surface area contributed by atoms with Crippen LogP contribution in [-0.4, -0.2) is 20.4 Å². The van der Waals surface area contributed by atoms with E-state index in [-0.39, 0.29) is 28.3 Å². The Morgan fingerprint density at radius 2 is 1.89 bits per heavy atom. The molecule has 1 amide bonds. The number of nitrogens with zero attached hydrogens (tertiary/aromatic N) is 3. The van der Waals surface area contributed by atoms with Crippen molar-refractivity contribution in [2.75, 3.05) is 0 Å². The summed E-state index contributed by atoms with van der Waals surface area (Å²) in [5, 5.41) is 7.12. The van der Waals surface area contributed by atoms with Crippen molar-refractivity contribution < 1.29 is 18.3 Å². The standard InChI is InChI=1S/C26H24F2N4O3/c1-14-12-21(31(3)30-14)32-15(2)24(19-8-5-9-20(28)22(19)25(32)33)35-26(34)29-23(16-10-11-16)17-6-4-7-18(27)13-17/h4-9,12-13,16,23H,10-11H2,1-3H3,(H,29,34)/t23-/m0/s1. The summed E-state index contributed by atoms with van der Waals surface area (Å²) in [4.78, 5) is 26.4. The van der Waals surface area contributed by atoms with Crippen LogP contribution < -0.4 is 15.6 Å². The highest BCUT2D eigenvalue weighted by Gasteiger charge is 2.34. The summed E-state index contributed by atoms with van der Waals surface area (Å²) in [6.07, 6.45) is 1.03. The van der Waals surface area contributed by atoms with Crippen molar-refractivity contribution in [1.82, 2.24) is 19.7 Å². The predicted molar refractivity (Wildman–Crippen MR) is 127 cm³/mol. The van der Waals surface area contributed by atoms with Crippen LogP contribution in [0.25, 0.3) is 16.6 Å². The number of rotatable bonds is 5. The number of carbonyl (C=O) groups is 1. The van der Waals surface area contributed by atoms with Crippen LogP contribution >= 0.6 is 0 Å². The fourth-order valence-corrected chi connectivity index (χ4v) is 4.55. The molecule has 5 rings (SSSR count). The van der Waals surface area contributed by atoms with E-state index in [0.717, 1.165) is 12.8 Å². The Morgan fingerprint density at radius 1 is 1.14 bits per heavy atom. The lowest BCUT2D eigenvalue weighted by atomic mass is 10.0. The van der Waals surface area contributed by atoms with E-state index in [1.165, 1.54) is 33.5 Å². The van der Waals surface area contributed by atoms with Gasteiger partial charge in [0.25, 0.3) is 5.56 Å². The maximum Gasteiger partial charge on any atom is 0.413 e. The second-order valence-electron chi connectivity index (χ2n) is 8.89. The van der Waals surface area contributed by atoms with Crippen molar-refractivity contribution in [2.45, 2.75) is 32.7 Å². The first-order valence-corrected chi connectivity index (χ1v) is 11.3. The lowest BCUT2D eigenvalue weighted by Gasteiger charge is -2.21. The molecule has 2 heterocycles. The Kier molecular flexibility index (Phi) is 5.62. The molecule has 0 spiro atoms. The van der Waals surface area contributed by atoms with Gasteiger partial charge in [-0.2, -0.15) is 5.10 Å². The monoisotopic (exact) mass is 478 g/mol. The van der Waals surface area contributed by atoms with E-state index in [9.17, 15) is 18.4 Å². The maximum absolute atomic E-state index is 14.9. The molecule has 1 fully saturated rings. The molecular weight excluding hydrogens is 454 g/mol. The molecule has 0 aliphatic heterocycles. The summed E-state index contributed by atoms with van der Waals surface area (Å²) in [6, 6.07) is 11.5. The van der Waals surface area contributed by atoms with Crippen LogP contribution in [0.2, 0.25) is 0 Å². The van der Waals surface area contributed by atoms with E-state index < -0.39 is 23.5 Å². The molecule has 1 N–H and O–H groups in total. The van der Waals surface area contributed by atoms with E-state index in [4.69, 9.17) is 4.74 Å². The minimum Gasteiger partial charge on any atom is -0.408 e. The lowest BCUT2D eigenvalue weighted by Crippen LogP contribution is -2.33. The SMILES string of the molecule is Cc1cc(-n2c(C)c(OC(=O)N[C@H](c3cccc(F)c3)C3CC3)c3cccc(F)c3c2=O)n(C)n1. The second-order valence-corrected chi connectivity index (χ2v) is 8.89. The third kappa shape index (κ3) is 4.18. The van der Waals surface area contributed by atoms with Crippen LogP contribution in [0.4, 0.5) is 13.6 Å². The smallest absolute Gasteiger partial charge is 0.408 e. The highest BCUT2D eigenvalue weighted by Crippen LogP contribution is 2.41. The largest absolute Gasteiger partial charge is 0.413 e. The van der Waals surface area contributed by atoms with Gasteiger partial charge in [-0.3, -0.25) is 14.0 Å². The second kappa shape index (κ2) is 8.65. The van der Waals surface area contributed by atoms with E-state index in [2.05, 4.69) is 10.4 Å². The van der Waals surface area contributed by atoms with E-state index in [1.807, 2.05) is 0 Å². The molecule has 0 radical (unpaired) electrons. The summed E-state index contributed by atoms with van der Waals surface area (Å²) in [7, 11) is 1.67. The summed E-state index contributed by atoms with van der Waals surface area (Å²) >= 11 is 0. The Bertz CT molecular complexity index is 1520. The molecule has 2 aromatic carbocycles. The minimum atomic E-state index is -0.772. The molecule has 2 aromatic heterocycles. The van der Waals surface area contributed by atoms with Gasteiger partial charge in [0.05, 0.1) is 22.8 Å². The van der Waals surface area contributed by atoms with Crippen molar-refractivity contribution in [3.63, 3.8) is 0 Å². The van der Waals surface area contributed by atoms with Gasteiger partial charge in [-0.15, -0.1) is 0 Å². The van der Waals surface area contributed by atoms with Crippen molar-refractivity contribution in [3.05, 3.63) is 87.5 Å². The number of aromatic nitrogens is 3. The number of benzene rings is 2. The van der Waals surface area contributed by atoms with Gasteiger partial charge in [-0.1, -0.05) is 24.3 Å². The number of amides is 1. The number of halogens is 2. The first kappa shape index (κ1) is 22.8. The fourth-order valence-electron chi connectivity index (χ4n) is 4.55. The summed E-state index contributed by atoms with van der Waals surface area (Å²) < 4.78 is 37.2. The molecule has 0 saturated heterocycles. The third-order valence-corrected chi connectivity index (χ3v) is 6.31. The number of pyridine rings is 1. The van der Waals surface area contributed by atoms with Gasteiger partial charge in [0.15, 0.2) is 5.75 Å². The Hall–Kier alpha value is -4.01. The summed E-state index contributed by atoms with van der Waals surface area (Å²) in [5.41, 5.74) is 1.05. The van der Waals surface area contributed by atoms with Crippen LogP contribution in [0.5, 0.6) is 5.75 Å². The number of hydrogen-bond acceptors (Lipinski definition) is 4. The molecule has 1 aliphatic carbocycles. The molecule has 4 aromatic rings. The Labute approximate surface area is 199 Å². The molecule has 180 valence electrons. The number of fused-ring (bicyclic) bond motifs is 1. The number of hydrogen-bond donors (Lipinski definition) is 1. The zero-order valence-corrected chi connectivity index (χ0v) is 19.5. The van der Waals surface area contributed by atoms with E-state index in [0.29, 0.717) is 22.8 Å². The molecule has 0 bridgehead atoms. The fraction of sp³-hybridized carbons (Fsp3) is 0.269. The molecular formula is C26H24F2N4O3. The van der Waals surface area contributed by atoms with Crippen LogP contribution in [0.1, 0.15) is 35.8 Å². The average Bonchev–Trinajstić information content (AvgIpc) is 3.59. The number of carbonyl (C=O) groups excluding carboxylic acids is 1. The van der Waals surface area contributed by atoms with Crippen molar-refractivity contribution in [1.29, 1.82) is 0 Å². The van der Waals surface area contributed by atoms with Crippen LogP contribution in [-0.2, 0) is 7.05 Å². The van der Waals surface area contributed by atoms with Gasteiger partial charge in [0.2, 0.25) is 0 Å². The third-order valence-electron chi connectivity index (χ3n) is 6.31. The molecule has 1 saturated carbocycles. The zero-order valence-electron chi connectivity index (χ0n) is 19.5. The number of aryl methyl sites for hydroxylation is 2. The van der Waals surface area contributed by atoms with Gasteiger partial charge >= 0.3 is 6.09 Å². The highest BCUT2D eigenvalue weighted by molar-refractivity contribution is 5.91. The Morgan fingerprint density at radius 3 is 2.54 bits per heavy atom. The predicted octanol–water partition coefficient (Wildman–Crippen LogP) is 4.86. The van der Waals surface area contributed by atoms with Crippen molar-refractivity contribution in [3.8, 4) is 11.6 Å². The van der Waals surface area contributed by atoms with Crippen LogP contribution in [0.15, 0.2) is 53.3 Å². The van der Waals surface area contributed by atoms with Gasteiger partial charge in [0.1, 0.15) is 17.5 Å². The molecule has 7 nitrogen and oxygen atoms in total. The van der Waals surface area contributed by atoms with Gasteiger partial charge in [-0.05, 0) is 56.4 Å². The first-order chi connectivity index (χ1) is 16.7. The molecule has 9 heteroatoms. The molecule has 35 heavy (non-hydrogen) atoms. The summed E-state index contributed by atoms with van der Waals surface area (Å²) in [5.74, 6) is -0.466. The van der Waals surface area contributed by atoms with Gasteiger partial charge in [-0.25, -0.2) is 13.6 Å².